The van der Waals surface area contributed by atoms with Gasteiger partial charge in [-0.25, -0.2) is 4.98 Å². The minimum absolute atomic E-state index is 0.0272. The maximum atomic E-state index is 13.0. The molecule has 1 aliphatic rings. The van der Waals surface area contributed by atoms with Crippen LogP contribution in [0.3, 0.4) is 0 Å². The standard InChI is InChI=1S/C16H18N2O2S/c19-21(20,16-12-6-7-13-17-16)18(15-10-4-5-11-15)14-8-2-1-3-9-14/h1-3,6-9,12-13,15H,4-5,10-11H2. The molecule has 0 aliphatic heterocycles. The molecule has 0 unspecified atom stereocenters. The lowest BCUT2D eigenvalue weighted by molar-refractivity contribution is 0.571. The third kappa shape index (κ3) is 2.78. The summed E-state index contributed by atoms with van der Waals surface area (Å²) in [5, 5.41) is 0.112. The van der Waals surface area contributed by atoms with Crippen molar-refractivity contribution < 1.29 is 8.42 Å². The minimum atomic E-state index is -3.62. The molecule has 5 heteroatoms. The van der Waals surface area contributed by atoms with Crippen LogP contribution in [-0.2, 0) is 10.0 Å². The van der Waals surface area contributed by atoms with E-state index in [4.69, 9.17) is 0 Å². The molecule has 0 amide bonds. The number of nitrogens with zero attached hydrogens (tertiary/aromatic N) is 2. The summed E-state index contributed by atoms with van der Waals surface area (Å²) < 4.78 is 27.5. The van der Waals surface area contributed by atoms with Gasteiger partial charge in [0.05, 0.1) is 5.69 Å². The first-order valence-corrected chi connectivity index (χ1v) is 8.64. The van der Waals surface area contributed by atoms with Crippen LogP contribution in [0.25, 0.3) is 0 Å². The van der Waals surface area contributed by atoms with Gasteiger partial charge in [0.2, 0.25) is 0 Å². The first-order valence-electron chi connectivity index (χ1n) is 7.20. The van der Waals surface area contributed by atoms with Crippen molar-refractivity contribution in [2.24, 2.45) is 0 Å². The number of pyridine rings is 1. The van der Waals surface area contributed by atoms with E-state index in [0.29, 0.717) is 0 Å². The van der Waals surface area contributed by atoms with E-state index in [2.05, 4.69) is 4.98 Å². The maximum Gasteiger partial charge on any atom is 0.282 e. The first-order chi connectivity index (χ1) is 10.2. The molecule has 0 saturated heterocycles. The summed E-state index contributed by atoms with van der Waals surface area (Å²) in [6.07, 6.45) is 5.48. The van der Waals surface area contributed by atoms with Crippen LogP contribution in [0.2, 0.25) is 0 Å². The van der Waals surface area contributed by atoms with Crippen molar-refractivity contribution in [3.8, 4) is 0 Å². The summed E-state index contributed by atoms with van der Waals surface area (Å²) in [4.78, 5) is 4.04. The molecule has 1 aromatic carbocycles. The summed E-state index contributed by atoms with van der Waals surface area (Å²) in [7, 11) is -3.62. The van der Waals surface area contributed by atoms with Crippen LogP contribution in [-0.4, -0.2) is 19.4 Å². The second-order valence-corrected chi connectivity index (χ2v) is 7.00. The molecule has 4 nitrogen and oxygen atoms in total. The molecule has 1 heterocycles. The van der Waals surface area contributed by atoms with Gasteiger partial charge >= 0.3 is 0 Å². The molecule has 0 radical (unpaired) electrons. The predicted molar refractivity (Wildman–Crippen MR) is 82.6 cm³/mol. The van der Waals surface area contributed by atoms with E-state index in [1.54, 1.807) is 22.5 Å². The summed E-state index contributed by atoms with van der Waals surface area (Å²) >= 11 is 0. The van der Waals surface area contributed by atoms with Gasteiger partial charge in [-0.3, -0.25) is 4.31 Å². The minimum Gasteiger partial charge on any atom is -0.262 e. The Kier molecular flexibility index (Phi) is 3.92. The van der Waals surface area contributed by atoms with Crippen LogP contribution >= 0.6 is 0 Å². The zero-order chi connectivity index (χ0) is 14.7. The summed E-state index contributed by atoms with van der Waals surface area (Å²) in [5.74, 6) is 0. The molecule has 21 heavy (non-hydrogen) atoms. The normalized spacial score (nSPS) is 16.0. The van der Waals surface area contributed by atoms with E-state index >= 15 is 0 Å². The fourth-order valence-electron chi connectivity index (χ4n) is 2.86. The Hall–Kier alpha value is -1.88. The first kappa shape index (κ1) is 14.1. The van der Waals surface area contributed by atoms with Gasteiger partial charge in [-0.1, -0.05) is 37.1 Å². The topological polar surface area (TPSA) is 50.3 Å². The second kappa shape index (κ2) is 5.85. The molecule has 1 saturated carbocycles. The molecular weight excluding hydrogens is 284 g/mol. The number of benzene rings is 1. The number of rotatable bonds is 4. The van der Waals surface area contributed by atoms with E-state index in [1.807, 2.05) is 30.3 Å². The van der Waals surface area contributed by atoms with E-state index < -0.39 is 10.0 Å². The fraction of sp³-hybridized carbons (Fsp3) is 0.312. The second-order valence-electron chi connectivity index (χ2n) is 5.24. The Labute approximate surface area is 125 Å². The number of anilines is 1. The number of aromatic nitrogens is 1. The highest BCUT2D eigenvalue weighted by atomic mass is 32.2. The van der Waals surface area contributed by atoms with Crippen LogP contribution in [0, 0.1) is 0 Å². The Bertz CT molecular complexity index is 681. The molecular formula is C16H18N2O2S. The van der Waals surface area contributed by atoms with Gasteiger partial charge in [0, 0.05) is 12.2 Å². The van der Waals surface area contributed by atoms with Gasteiger partial charge in [-0.2, -0.15) is 8.42 Å². The Balaban J connectivity index is 2.07. The van der Waals surface area contributed by atoms with Crippen molar-refractivity contribution in [3.05, 3.63) is 54.7 Å². The van der Waals surface area contributed by atoms with Crippen LogP contribution in [0.1, 0.15) is 25.7 Å². The van der Waals surface area contributed by atoms with Crippen molar-refractivity contribution in [1.29, 1.82) is 0 Å². The number of hydrogen-bond acceptors (Lipinski definition) is 3. The molecule has 0 atom stereocenters. The monoisotopic (exact) mass is 302 g/mol. The maximum absolute atomic E-state index is 13.0. The highest BCUT2D eigenvalue weighted by Crippen LogP contribution is 2.32. The van der Waals surface area contributed by atoms with Crippen LogP contribution in [0.4, 0.5) is 5.69 Å². The lowest BCUT2D eigenvalue weighted by Gasteiger charge is -2.29. The molecule has 0 bridgehead atoms. The van der Waals surface area contributed by atoms with Gasteiger partial charge in [0.1, 0.15) is 0 Å². The van der Waals surface area contributed by atoms with Crippen molar-refractivity contribution in [1.82, 2.24) is 4.98 Å². The van der Waals surface area contributed by atoms with Gasteiger partial charge in [-0.05, 0) is 37.1 Å². The zero-order valence-corrected chi connectivity index (χ0v) is 12.5. The largest absolute Gasteiger partial charge is 0.282 e. The molecule has 0 spiro atoms. The number of hydrogen-bond donors (Lipinski definition) is 0. The molecule has 0 N–H and O–H groups in total. The smallest absolute Gasteiger partial charge is 0.262 e. The van der Waals surface area contributed by atoms with Crippen LogP contribution in [0.15, 0.2) is 59.8 Å². The van der Waals surface area contributed by atoms with Crippen molar-refractivity contribution >= 4 is 15.7 Å². The van der Waals surface area contributed by atoms with Crippen molar-refractivity contribution in [3.63, 3.8) is 0 Å². The zero-order valence-electron chi connectivity index (χ0n) is 11.7. The molecule has 2 aromatic rings. The van der Waals surface area contributed by atoms with Crippen molar-refractivity contribution in [2.75, 3.05) is 4.31 Å². The average molecular weight is 302 g/mol. The summed E-state index contributed by atoms with van der Waals surface area (Å²) in [6.45, 7) is 0. The van der Waals surface area contributed by atoms with Gasteiger partial charge in [0.15, 0.2) is 5.03 Å². The molecule has 1 fully saturated rings. The van der Waals surface area contributed by atoms with E-state index in [0.717, 1.165) is 31.4 Å². The average Bonchev–Trinajstić information content (AvgIpc) is 3.03. The molecule has 110 valence electrons. The third-order valence-electron chi connectivity index (χ3n) is 3.83. The quantitative estimate of drug-likeness (QED) is 0.871. The highest BCUT2D eigenvalue weighted by molar-refractivity contribution is 7.92. The van der Waals surface area contributed by atoms with Gasteiger partial charge < -0.3 is 0 Å². The van der Waals surface area contributed by atoms with E-state index in [9.17, 15) is 8.42 Å². The van der Waals surface area contributed by atoms with E-state index in [-0.39, 0.29) is 11.1 Å². The predicted octanol–water partition coefficient (Wildman–Crippen LogP) is 3.22. The summed E-state index contributed by atoms with van der Waals surface area (Å²) in [6, 6.07) is 14.3. The molecule has 1 aliphatic carbocycles. The van der Waals surface area contributed by atoms with E-state index in [1.165, 1.54) is 6.20 Å². The Morgan fingerprint density at radius 1 is 0.952 bits per heavy atom. The molecule has 1 aromatic heterocycles. The fourth-order valence-corrected chi connectivity index (χ4v) is 4.51. The molecule has 3 rings (SSSR count). The van der Waals surface area contributed by atoms with Crippen LogP contribution in [0.5, 0.6) is 0 Å². The van der Waals surface area contributed by atoms with Crippen molar-refractivity contribution in [2.45, 2.75) is 36.8 Å². The number of para-hydroxylation sites is 1. The summed E-state index contributed by atoms with van der Waals surface area (Å²) in [5.41, 5.74) is 0.718. The Morgan fingerprint density at radius 3 is 2.24 bits per heavy atom. The SMILES string of the molecule is O=S(=O)(c1ccccn1)N(c1ccccc1)C1CCCC1. The van der Waals surface area contributed by atoms with Crippen LogP contribution < -0.4 is 4.31 Å². The highest BCUT2D eigenvalue weighted by Gasteiger charge is 2.34. The van der Waals surface area contributed by atoms with Gasteiger partial charge in [-0.15, -0.1) is 0 Å². The van der Waals surface area contributed by atoms with Gasteiger partial charge in [0.25, 0.3) is 10.0 Å². The third-order valence-corrected chi connectivity index (χ3v) is 5.62. The Morgan fingerprint density at radius 2 is 1.62 bits per heavy atom. The lowest BCUT2D eigenvalue weighted by atomic mass is 10.2. The number of sulfonamides is 1. The lowest BCUT2D eigenvalue weighted by Crippen LogP contribution is -2.39.